The minimum Gasteiger partial charge on any atom is -0.365 e. The number of aromatic nitrogens is 4. The molecule has 3 rings (SSSR count). The zero-order chi connectivity index (χ0) is 20.1. The summed E-state index contributed by atoms with van der Waals surface area (Å²) >= 11 is 0. The molecule has 0 unspecified atom stereocenters. The molecule has 3 N–H and O–H groups in total. The van der Waals surface area contributed by atoms with Gasteiger partial charge in [0, 0.05) is 30.7 Å². The molecule has 2 aromatic heterocycles. The Kier molecular flexibility index (Phi) is 5.82. The molecule has 11 heteroatoms. The van der Waals surface area contributed by atoms with Crippen LogP contribution in [0.5, 0.6) is 0 Å². The van der Waals surface area contributed by atoms with Crippen molar-refractivity contribution in [3.05, 3.63) is 59.6 Å². The lowest BCUT2D eigenvalue weighted by molar-refractivity contribution is 0.122. The van der Waals surface area contributed by atoms with Gasteiger partial charge in [-0.05, 0) is 12.1 Å². The maximum Gasteiger partial charge on any atom is 0.257 e. The molecule has 0 bridgehead atoms. The minimum absolute atomic E-state index is 0.0960. The van der Waals surface area contributed by atoms with Crippen LogP contribution in [-0.2, 0) is 13.1 Å². The van der Waals surface area contributed by atoms with Crippen LogP contribution >= 0.6 is 0 Å². The van der Waals surface area contributed by atoms with E-state index in [4.69, 9.17) is 5.41 Å². The number of halogens is 4. The van der Waals surface area contributed by atoms with E-state index in [1.807, 2.05) is 0 Å². The highest BCUT2D eigenvalue weighted by molar-refractivity contribution is 5.84. The quantitative estimate of drug-likeness (QED) is 0.402. The first-order valence-corrected chi connectivity index (χ1v) is 8.08. The molecule has 2 heterocycles. The van der Waals surface area contributed by atoms with E-state index in [1.54, 1.807) is 0 Å². The van der Waals surface area contributed by atoms with Crippen molar-refractivity contribution in [2.24, 2.45) is 0 Å². The molecule has 146 valence electrons. The van der Waals surface area contributed by atoms with Gasteiger partial charge in [-0.25, -0.2) is 22.5 Å². The Morgan fingerprint density at radius 2 is 1.93 bits per heavy atom. The van der Waals surface area contributed by atoms with E-state index in [0.29, 0.717) is 11.3 Å². The number of nitrogens with one attached hydrogen (secondary N) is 3. The van der Waals surface area contributed by atoms with Crippen LogP contribution in [0.4, 0.5) is 35.0 Å². The summed E-state index contributed by atoms with van der Waals surface area (Å²) in [6.07, 6.45) is 2.49. The van der Waals surface area contributed by atoms with Crippen LogP contribution in [0.3, 0.4) is 0 Å². The van der Waals surface area contributed by atoms with Gasteiger partial charge in [0.1, 0.15) is 24.0 Å². The minimum atomic E-state index is -2.54. The van der Waals surface area contributed by atoms with Crippen LogP contribution in [-0.4, -0.2) is 32.4 Å². The molecular weight excluding hydrogens is 378 g/mol. The summed E-state index contributed by atoms with van der Waals surface area (Å²) in [6, 6.07) is 3.54. The zero-order valence-corrected chi connectivity index (χ0v) is 14.3. The first-order chi connectivity index (χ1) is 13.5. The maximum absolute atomic E-state index is 13.8. The fraction of sp³-hybridized carbons (Fsp3) is 0.176. The second-order valence-electron chi connectivity index (χ2n) is 5.66. The number of benzene rings is 1. The highest BCUT2D eigenvalue weighted by Gasteiger charge is 2.12. The van der Waals surface area contributed by atoms with Crippen molar-refractivity contribution >= 4 is 23.7 Å². The number of hydrogen-bond donors (Lipinski definition) is 3. The molecular formula is C17H15F4N7. The highest BCUT2D eigenvalue weighted by Crippen LogP contribution is 2.19. The SMILES string of the molecule is N=Cc1cnc(Nc2cnn(CC(F)F)c2)nc1NCc1c(F)cccc1F. The zero-order valence-electron chi connectivity index (χ0n) is 14.3. The number of nitrogens with zero attached hydrogens (tertiary/aromatic N) is 4. The molecule has 0 aliphatic heterocycles. The molecule has 0 saturated heterocycles. The predicted molar refractivity (Wildman–Crippen MR) is 95.1 cm³/mol. The standard InChI is InChI=1S/C17H15F4N7/c18-13-2-1-3-14(19)12(13)7-23-16-10(4-22)5-24-17(27-16)26-11-6-25-28(8-11)9-15(20)21/h1-6,8,15,22H,7,9H2,(H2,23,24,26,27). The van der Waals surface area contributed by atoms with Crippen molar-refractivity contribution in [1.29, 1.82) is 5.41 Å². The van der Waals surface area contributed by atoms with Crippen molar-refractivity contribution < 1.29 is 17.6 Å². The first kappa shape index (κ1) is 19.3. The summed E-state index contributed by atoms with van der Waals surface area (Å²) in [6.45, 7) is -0.738. The van der Waals surface area contributed by atoms with Crippen LogP contribution in [0.1, 0.15) is 11.1 Å². The highest BCUT2D eigenvalue weighted by atomic mass is 19.3. The molecule has 0 saturated carbocycles. The van der Waals surface area contributed by atoms with Gasteiger partial charge in [0.15, 0.2) is 0 Å². The molecule has 0 spiro atoms. The van der Waals surface area contributed by atoms with Gasteiger partial charge >= 0.3 is 0 Å². The largest absolute Gasteiger partial charge is 0.365 e. The number of rotatable bonds is 8. The van der Waals surface area contributed by atoms with Crippen LogP contribution in [0, 0.1) is 17.0 Å². The monoisotopic (exact) mass is 393 g/mol. The molecule has 7 nitrogen and oxygen atoms in total. The third-order valence-corrected chi connectivity index (χ3v) is 3.68. The van der Waals surface area contributed by atoms with Gasteiger partial charge in [0.25, 0.3) is 6.43 Å². The second-order valence-corrected chi connectivity index (χ2v) is 5.66. The Morgan fingerprint density at radius 1 is 1.18 bits per heavy atom. The smallest absolute Gasteiger partial charge is 0.257 e. The van der Waals surface area contributed by atoms with Gasteiger partial charge in [-0.3, -0.25) is 4.68 Å². The maximum atomic E-state index is 13.8. The van der Waals surface area contributed by atoms with Crippen molar-refractivity contribution in [2.75, 3.05) is 10.6 Å². The third kappa shape index (κ3) is 4.61. The summed E-state index contributed by atoms with van der Waals surface area (Å²) < 4.78 is 53.4. The third-order valence-electron chi connectivity index (χ3n) is 3.68. The molecule has 0 radical (unpaired) electrons. The van der Waals surface area contributed by atoms with Crippen molar-refractivity contribution in [3.8, 4) is 0 Å². The predicted octanol–water partition coefficient (Wildman–Crippen LogP) is 3.57. The average molecular weight is 393 g/mol. The summed E-state index contributed by atoms with van der Waals surface area (Å²) in [5, 5.41) is 16.8. The molecule has 0 aliphatic rings. The van der Waals surface area contributed by atoms with Gasteiger partial charge in [0.05, 0.1) is 17.4 Å². The fourth-order valence-corrected chi connectivity index (χ4v) is 2.37. The topological polar surface area (TPSA) is 91.5 Å². The number of hydrogen-bond acceptors (Lipinski definition) is 6. The molecule has 28 heavy (non-hydrogen) atoms. The van der Waals surface area contributed by atoms with E-state index < -0.39 is 24.6 Å². The van der Waals surface area contributed by atoms with E-state index in [1.165, 1.54) is 24.7 Å². The lowest BCUT2D eigenvalue weighted by Crippen LogP contribution is -2.09. The molecule has 1 aromatic carbocycles. The number of alkyl halides is 2. The van der Waals surface area contributed by atoms with E-state index >= 15 is 0 Å². The van der Waals surface area contributed by atoms with Crippen LogP contribution in [0.25, 0.3) is 0 Å². The summed E-state index contributed by atoms with van der Waals surface area (Å²) in [7, 11) is 0. The lowest BCUT2D eigenvalue weighted by atomic mass is 10.2. The van der Waals surface area contributed by atoms with E-state index in [2.05, 4.69) is 25.7 Å². The van der Waals surface area contributed by atoms with Gasteiger partial charge < -0.3 is 16.0 Å². The van der Waals surface area contributed by atoms with Gasteiger partial charge in [0.2, 0.25) is 5.95 Å². The van der Waals surface area contributed by atoms with Crippen molar-refractivity contribution in [1.82, 2.24) is 19.7 Å². The van der Waals surface area contributed by atoms with E-state index in [0.717, 1.165) is 23.0 Å². The van der Waals surface area contributed by atoms with Gasteiger partial charge in [-0.1, -0.05) is 6.07 Å². The first-order valence-electron chi connectivity index (χ1n) is 8.08. The lowest BCUT2D eigenvalue weighted by Gasteiger charge is -2.11. The van der Waals surface area contributed by atoms with Crippen LogP contribution in [0.15, 0.2) is 36.8 Å². The van der Waals surface area contributed by atoms with E-state index in [-0.39, 0.29) is 23.9 Å². The molecule has 0 aliphatic carbocycles. The second kappa shape index (κ2) is 8.46. The van der Waals surface area contributed by atoms with Gasteiger partial charge in [-0.2, -0.15) is 10.1 Å². The Labute approximate surface area is 156 Å². The number of anilines is 3. The van der Waals surface area contributed by atoms with Crippen LogP contribution < -0.4 is 10.6 Å². The Balaban J connectivity index is 1.76. The van der Waals surface area contributed by atoms with E-state index in [9.17, 15) is 17.6 Å². The Morgan fingerprint density at radius 3 is 2.61 bits per heavy atom. The summed E-state index contributed by atoms with van der Waals surface area (Å²) in [5.74, 6) is -1.14. The Hall–Kier alpha value is -3.50. The normalized spacial score (nSPS) is 10.9. The van der Waals surface area contributed by atoms with Gasteiger partial charge in [-0.15, -0.1) is 0 Å². The average Bonchev–Trinajstić information content (AvgIpc) is 3.07. The summed E-state index contributed by atoms with van der Waals surface area (Å²) in [5.41, 5.74) is 0.518. The molecule has 0 amide bonds. The van der Waals surface area contributed by atoms with Crippen LogP contribution in [0.2, 0.25) is 0 Å². The summed E-state index contributed by atoms with van der Waals surface area (Å²) in [4.78, 5) is 8.19. The van der Waals surface area contributed by atoms with Crippen molar-refractivity contribution in [3.63, 3.8) is 0 Å². The van der Waals surface area contributed by atoms with Crippen molar-refractivity contribution in [2.45, 2.75) is 19.5 Å². The molecule has 0 atom stereocenters. The molecule has 0 fully saturated rings. The fourth-order valence-electron chi connectivity index (χ4n) is 2.37. The molecule has 3 aromatic rings. The Bertz CT molecular complexity index is 954.